The Morgan fingerprint density at radius 3 is 2.19 bits per heavy atom. The van der Waals surface area contributed by atoms with E-state index < -0.39 is 22.8 Å². The lowest BCUT2D eigenvalue weighted by Crippen LogP contribution is -2.11. The molecule has 0 aliphatic heterocycles. The van der Waals surface area contributed by atoms with Crippen LogP contribution in [-0.2, 0) is 0 Å². The number of hydrogen-bond acceptors (Lipinski definition) is 2. The fourth-order valence-corrected chi connectivity index (χ4v) is 1.45. The highest BCUT2D eigenvalue weighted by Gasteiger charge is 2.27. The number of thioether (sulfide) groups is 1. The molecule has 0 unspecified atom stereocenters. The number of nitrogens with one attached hydrogen (secondary N) is 1. The third-order valence-corrected chi connectivity index (χ3v) is 2.37. The highest BCUT2D eigenvalue weighted by molar-refractivity contribution is 8.00. The Balaban J connectivity index is 2.43. The minimum absolute atomic E-state index is 0.165. The van der Waals surface area contributed by atoms with Crippen LogP contribution in [0.4, 0.5) is 27.6 Å². The van der Waals surface area contributed by atoms with Crippen LogP contribution in [0.3, 0.4) is 0 Å². The molecule has 16 heavy (non-hydrogen) atoms. The van der Waals surface area contributed by atoms with E-state index >= 15 is 0 Å². The molecule has 1 nitrogen and oxygen atoms in total. The molecule has 0 saturated heterocycles. The van der Waals surface area contributed by atoms with Crippen LogP contribution < -0.4 is 5.32 Å². The van der Waals surface area contributed by atoms with Gasteiger partial charge in [-0.1, -0.05) is 6.07 Å². The lowest BCUT2D eigenvalue weighted by molar-refractivity contribution is -0.0327. The summed E-state index contributed by atoms with van der Waals surface area (Å²) in [4.78, 5) is 0. The van der Waals surface area contributed by atoms with Gasteiger partial charge in [-0.25, -0.2) is 8.78 Å². The molecule has 0 heterocycles. The molecule has 1 rings (SSSR count). The van der Waals surface area contributed by atoms with E-state index in [9.17, 15) is 22.0 Å². The average molecular weight is 257 g/mol. The van der Waals surface area contributed by atoms with Crippen molar-refractivity contribution in [2.24, 2.45) is 0 Å². The van der Waals surface area contributed by atoms with Crippen molar-refractivity contribution in [2.75, 3.05) is 17.6 Å². The summed E-state index contributed by atoms with van der Waals surface area (Å²) in [7, 11) is 0. The smallest absolute Gasteiger partial charge is 0.379 e. The fourth-order valence-electron chi connectivity index (χ4n) is 1.01. The summed E-state index contributed by atoms with van der Waals surface area (Å²) >= 11 is -0.243. The number of benzene rings is 1. The van der Waals surface area contributed by atoms with Gasteiger partial charge in [0.25, 0.3) is 0 Å². The van der Waals surface area contributed by atoms with Crippen LogP contribution in [0.15, 0.2) is 18.2 Å². The zero-order valence-corrected chi connectivity index (χ0v) is 8.76. The molecule has 0 aliphatic carbocycles. The third kappa shape index (κ3) is 4.26. The molecule has 1 aromatic rings. The van der Waals surface area contributed by atoms with Crippen molar-refractivity contribution >= 4 is 17.4 Å². The van der Waals surface area contributed by atoms with E-state index in [0.29, 0.717) is 0 Å². The lowest BCUT2D eigenvalue weighted by Gasteiger charge is -2.09. The van der Waals surface area contributed by atoms with E-state index in [-0.39, 0.29) is 24.1 Å². The second kappa shape index (κ2) is 5.38. The van der Waals surface area contributed by atoms with Crippen LogP contribution in [0.1, 0.15) is 0 Å². The Hall–Kier alpha value is -0.980. The van der Waals surface area contributed by atoms with E-state index in [1.165, 1.54) is 6.07 Å². The molecule has 7 heteroatoms. The molecule has 0 aliphatic rings. The van der Waals surface area contributed by atoms with Crippen LogP contribution in [0.5, 0.6) is 0 Å². The van der Waals surface area contributed by atoms with Crippen molar-refractivity contribution in [1.29, 1.82) is 0 Å². The molecule has 90 valence electrons. The summed E-state index contributed by atoms with van der Waals surface area (Å²) in [6.45, 7) is -0.165. The number of rotatable bonds is 4. The molecule has 0 radical (unpaired) electrons. The van der Waals surface area contributed by atoms with Gasteiger partial charge in [-0.3, -0.25) is 0 Å². The second-order valence-corrected chi connectivity index (χ2v) is 3.98. The summed E-state index contributed by atoms with van der Waals surface area (Å²) in [5.41, 5.74) is -4.72. The number of hydrogen-bond donors (Lipinski definition) is 1. The molecule has 0 fully saturated rings. The quantitative estimate of drug-likeness (QED) is 0.653. The summed E-state index contributed by atoms with van der Waals surface area (Å²) in [5, 5.41) is 2.28. The molecule has 1 N–H and O–H groups in total. The third-order valence-electron chi connectivity index (χ3n) is 1.63. The average Bonchev–Trinajstić information content (AvgIpc) is 2.14. The minimum atomic E-state index is -4.32. The van der Waals surface area contributed by atoms with Gasteiger partial charge in [-0.15, -0.1) is 0 Å². The first kappa shape index (κ1) is 13.1. The number of anilines is 1. The fraction of sp³-hybridized carbons (Fsp3) is 0.333. The van der Waals surface area contributed by atoms with Crippen molar-refractivity contribution < 1.29 is 22.0 Å². The largest absolute Gasteiger partial charge is 0.441 e. The molecule has 1 aromatic carbocycles. The van der Waals surface area contributed by atoms with Crippen molar-refractivity contribution in [2.45, 2.75) is 5.51 Å². The van der Waals surface area contributed by atoms with Crippen molar-refractivity contribution in [3.63, 3.8) is 0 Å². The maximum Gasteiger partial charge on any atom is 0.441 e. The molecular formula is C9H8F5NS. The number of halogens is 5. The highest BCUT2D eigenvalue weighted by atomic mass is 32.2. The molecular weight excluding hydrogens is 249 g/mol. The predicted molar refractivity (Wildman–Crippen MR) is 53.4 cm³/mol. The van der Waals surface area contributed by atoms with Crippen LogP contribution >= 0.6 is 11.8 Å². The zero-order valence-electron chi connectivity index (χ0n) is 7.94. The maximum absolute atomic E-state index is 13.0. The first-order valence-electron chi connectivity index (χ1n) is 4.29. The van der Waals surface area contributed by atoms with Crippen molar-refractivity contribution in [3.8, 4) is 0 Å². The minimum Gasteiger partial charge on any atom is -0.379 e. The SMILES string of the molecule is Fc1cccc(F)c1NCCSC(F)(F)F. The Kier molecular flexibility index (Phi) is 4.40. The topological polar surface area (TPSA) is 12.0 Å². The second-order valence-electron chi connectivity index (χ2n) is 2.82. The highest BCUT2D eigenvalue weighted by Crippen LogP contribution is 2.29. The van der Waals surface area contributed by atoms with Crippen molar-refractivity contribution in [1.82, 2.24) is 0 Å². The van der Waals surface area contributed by atoms with Gasteiger partial charge in [-0.05, 0) is 23.9 Å². The Bertz CT molecular complexity index is 332. The molecule has 0 spiro atoms. The van der Waals surface area contributed by atoms with E-state index in [1.54, 1.807) is 0 Å². The van der Waals surface area contributed by atoms with E-state index in [1.807, 2.05) is 0 Å². The first-order valence-corrected chi connectivity index (χ1v) is 5.27. The normalized spacial score (nSPS) is 11.6. The maximum atomic E-state index is 13.0. The van der Waals surface area contributed by atoms with Gasteiger partial charge in [-0.2, -0.15) is 13.2 Å². The summed E-state index contributed by atoms with van der Waals surface area (Å²) in [6.07, 6.45) is 0. The van der Waals surface area contributed by atoms with Gasteiger partial charge >= 0.3 is 5.51 Å². The molecule has 0 amide bonds. The monoisotopic (exact) mass is 257 g/mol. The van der Waals surface area contributed by atoms with E-state index in [2.05, 4.69) is 5.32 Å². The van der Waals surface area contributed by atoms with Crippen LogP contribution in [0.25, 0.3) is 0 Å². The van der Waals surface area contributed by atoms with Crippen LogP contribution in [0.2, 0.25) is 0 Å². The van der Waals surface area contributed by atoms with Gasteiger partial charge in [0.15, 0.2) is 0 Å². The summed E-state index contributed by atoms with van der Waals surface area (Å²) in [5.74, 6) is -1.95. The summed E-state index contributed by atoms with van der Waals surface area (Å²) < 4.78 is 61.1. The Morgan fingerprint density at radius 1 is 1.12 bits per heavy atom. The van der Waals surface area contributed by atoms with Crippen LogP contribution in [-0.4, -0.2) is 17.8 Å². The Morgan fingerprint density at radius 2 is 1.69 bits per heavy atom. The lowest BCUT2D eigenvalue weighted by atomic mass is 10.3. The van der Waals surface area contributed by atoms with Gasteiger partial charge in [0, 0.05) is 12.3 Å². The van der Waals surface area contributed by atoms with E-state index in [4.69, 9.17) is 0 Å². The summed E-state index contributed by atoms with van der Waals surface area (Å²) in [6, 6.07) is 3.24. The van der Waals surface area contributed by atoms with Gasteiger partial charge < -0.3 is 5.32 Å². The van der Waals surface area contributed by atoms with E-state index in [0.717, 1.165) is 12.1 Å². The molecule has 0 saturated carbocycles. The van der Waals surface area contributed by atoms with Gasteiger partial charge in [0.1, 0.15) is 17.3 Å². The van der Waals surface area contributed by atoms with Gasteiger partial charge in [0.2, 0.25) is 0 Å². The number of para-hydroxylation sites is 1. The molecule has 0 aromatic heterocycles. The van der Waals surface area contributed by atoms with Crippen LogP contribution in [0, 0.1) is 11.6 Å². The molecule has 0 bridgehead atoms. The standard InChI is InChI=1S/C9H8F5NS/c10-6-2-1-3-7(11)8(6)15-4-5-16-9(12,13)14/h1-3,15H,4-5H2. The Labute approximate surface area is 93.0 Å². The number of alkyl halides is 3. The predicted octanol–water partition coefficient (Wildman–Crippen LogP) is 3.63. The van der Waals surface area contributed by atoms with Crippen molar-refractivity contribution in [3.05, 3.63) is 29.8 Å². The zero-order chi connectivity index (χ0) is 12.2. The first-order chi connectivity index (χ1) is 7.40. The van der Waals surface area contributed by atoms with Gasteiger partial charge in [0.05, 0.1) is 0 Å². The molecule has 0 atom stereocenters.